The third kappa shape index (κ3) is 3.64. The van der Waals surface area contributed by atoms with Gasteiger partial charge < -0.3 is 18.3 Å². The van der Waals surface area contributed by atoms with Crippen molar-refractivity contribution in [1.82, 2.24) is 14.5 Å². The van der Waals surface area contributed by atoms with Gasteiger partial charge in [0, 0.05) is 56.7 Å². The van der Waals surface area contributed by atoms with E-state index in [-0.39, 0.29) is 0 Å². The van der Waals surface area contributed by atoms with Gasteiger partial charge in [0.1, 0.15) is 22.2 Å². The van der Waals surface area contributed by atoms with Crippen molar-refractivity contribution in [2.24, 2.45) is 0 Å². The molecule has 46 heavy (non-hydrogen) atoms. The molecule has 0 amide bonds. The second-order valence-corrected chi connectivity index (χ2v) is 11.5. The van der Waals surface area contributed by atoms with Crippen molar-refractivity contribution >= 4 is 83.0 Å². The zero-order valence-electron chi connectivity index (χ0n) is 24.5. The van der Waals surface area contributed by atoms with Gasteiger partial charge >= 0.3 is 0 Å². The van der Waals surface area contributed by atoms with Crippen molar-refractivity contribution in [1.29, 1.82) is 0 Å². The minimum absolute atomic E-state index is 0.770. The van der Waals surface area contributed by atoms with Crippen LogP contribution in [0.15, 0.2) is 155 Å². The molecule has 5 aromatic heterocycles. The van der Waals surface area contributed by atoms with Crippen molar-refractivity contribution in [3.8, 4) is 5.69 Å². The first kappa shape index (κ1) is 25.0. The number of furan rings is 2. The Morgan fingerprint density at radius 3 is 1.57 bits per heavy atom. The average molecular weight is 593 g/mol. The van der Waals surface area contributed by atoms with Gasteiger partial charge in [0.05, 0.1) is 11.0 Å². The fourth-order valence-corrected chi connectivity index (χ4v) is 6.87. The number of hydrogen-bond acceptors (Lipinski definition) is 5. The van der Waals surface area contributed by atoms with E-state index in [1.165, 1.54) is 21.8 Å². The Morgan fingerprint density at radius 2 is 0.978 bits per heavy atom. The first-order valence-electron chi connectivity index (χ1n) is 15.2. The zero-order valence-corrected chi connectivity index (χ0v) is 24.5. The van der Waals surface area contributed by atoms with E-state index in [4.69, 9.17) is 8.83 Å². The van der Waals surface area contributed by atoms with Crippen LogP contribution in [0.25, 0.3) is 71.6 Å². The predicted octanol–water partition coefficient (Wildman–Crippen LogP) is 10.8. The van der Waals surface area contributed by atoms with Crippen molar-refractivity contribution in [2.45, 2.75) is 0 Å². The number of aromatic nitrogens is 3. The molecule has 0 spiro atoms. The molecule has 5 aromatic carbocycles. The van der Waals surface area contributed by atoms with Crippen LogP contribution in [0.2, 0.25) is 0 Å². The maximum atomic E-state index is 6.14. The van der Waals surface area contributed by atoms with E-state index in [1.807, 2.05) is 48.8 Å². The molecule has 0 atom stereocenters. The molecule has 0 unspecified atom stereocenters. The van der Waals surface area contributed by atoms with Crippen molar-refractivity contribution in [3.05, 3.63) is 146 Å². The van der Waals surface area contributed by atoms with Gasteiger partial charge in [-0.05, 0) is 91.0 Å². The smallest absolute Gasteiger partial charge is 0.153 e. The monoisotopic (exact) mass is 592 g/mol. The van der Waals surface area contributed by atoms with Gasteiger partial charge in [-0.1, -0.05) is 42.5 Å². The third-order valence-electron chi connectivity index (χ3n) is 8.86. The molecule has 0 N–H and O–H groups in total. The Kier molecular flexibility index (Phi) is 5.19. The van der Waals surface area contributed by atoms with Gasteiger partial charge in [-0.25, -0.2) is 0 Å². The van der Waals surface area contributed by atoms with Gasteiger partial charge in [-0.3, -0.25) is 9.97 Å². The Morgan fingerprint density at radius 1 is 0.435 bits per heavy atom. The SMILES string of the molecule is c1cc(N(c2ccc3oc4cccnc4c3c2)c2ccc3oc4cccnc4c3c2)cc(-n2c3ccccc3c3ccccc32)c1. The topological polar surface area (TPSA) is 60.2 Å². The summed E-state index contributed by atoms with van der Waals surface area (Å²) < 4.78 is 14.6. The second kappa shape index (κ2) is 9.55. The molecule has 0 aliphatic carbocycles. The lowest BCUT2D eigenvalue weighted by molar-refractivity contribution is 0.668. The average Bonchev–Trinajstić information content (AvgIpc) is 3.78. The molecule has 216 valence electrons. The molecular formula is C40H24N4O2. The molecule has 0 fully saturated rings. The summed E-state index contributed by atoms with van der Waals surface area (Å²) in [7, 11) is 0. The fraction of sp³-hybridized carbons (Fsp3) is 0. The maximum absolute atomic E-state index is 6.14. The van der Waals surface area contributed by atoms with Gasteiger partial charge in [-0.2, -0.15) is 0 Å². The van der Waals surface area contributed by atoms with Crippen LogP contribution < -0.4 is 4.90 Å². The summed E-state index contributed by atoms with van der Waals surface area (Å²) >= 11 is 0. The first-order chi connectivity index (χ1) is 22.8. The van der Waals surface area contributed by atoms with Crippen LogP contribution in [0.1, 0.15) is 0 Å². The predicted molar refractivity (Wildman–Crippen MR) is 186 cm³/mol. The minimum Gasteiger partial charge on any atom is -0.454 e. The molecule has 10 rings (SSSR count). The Labute approximate surface area is 262 Å². The highest BCUT2D eigenvalue weighted by atomic mass is 16.3. The Hall–Kier alpha value is -6.40. The van der Waals surface area contributed by atoms with Crippen LogP contribution in [-0.2, 0) is 0 Å². The summed E-state index contributed by atoms with van der Waals surface area (Å²) in [6.45, 7) is 0. The van der Waals surface area contributed by atoms with E-state index in [9.17, 15) is 0 Å². The largest absolute Gasteiger partial charge is 0.454 e. The highest BCUT2D eigenvalue weighted by Gasteiger charge is 2.19. The number of fused-ring (bicyclic) bond motifs is 9. The summed E-state index contributed by atoms with van der Waals surface area (Å²) in [6, 6.07) is 46.2. The molecule has 10 aromatic rings. The van der Waals surface area contributed by atoms with Crippen molar-refractivity contribution < 1.29 is 8.83 Å². The molecule has 6 heteroatoms. The number of rotatable bonds is 4. The van der Waals surface area contributed by atoms with Crippen molar-refractivity contribution in [2.75, 3.05) is 4.90 Å². The lowest BCUT2D eigenvalue weighted by Crippen LogP contribution is -2.10. The van der Waals surface area contributed by atoms with E-state index >= 15 is 0 Å². The number of benzene rings is 5. The summed E-state index contributed by atoms with van der Waals surface area (Å²) in [6.07, 6.45) is 3.61. The highest BCUT2D eigenvalue weighted by Crippen LogP contribution is 2.41. The van der Waals surface area contributed by atoms with Gasteiger partial charge in [0.15, 0.2) is 11.2 Å². The van der Waals surface area contributed by atoms with Crippen LogP contribution >= 0.6 is 0 Å². The number of pyridine rings is 2. The van der Waals surface area contributed by atoms with Crippen LogP contribution in [0.3, 0.4) is 0 Å². The molecule has 0 saturated heterocycles. The number of anilines is 3. The van der Waals surface area contributed by atoms with E-state index < -0.39 is 0 Å². The second-order valence-electron chi connectivity index (χ2n) is 11.5. The van der Waals surface area contributed by atoms with Crippen LogP contribution in [0, 0.1) is 0 Å². The number of hydrogen-bond donors (Lipinski definition) is 0. The fourth-order valence-electron chi connectivity index (χ4n) is 6.87. The summed E-state index contributed by atoms with van der Waals surface area (Å²) in [5.74, 6) is 0. The third-order valence-corrected chi connectivity index (χ3v) is 8.86. The Balaban J connectivity index is 1.23. The summed E-state index contributed by atoms with van der Waals surface area (Å²) in [5, 5.41) is 4.39. The highest BCUT2D eigenvalue weighted by molar-refractivity contribution is 6.10. The molecule has 6 nitrogen and oxygen atoms in total. The van der Waals surface area contributed by atoms with Crippen molar-refractivity contribution in [3.63, 3.8) is 0 Å². The van der Waals surface area contributed by atoms with Gasteiger partial charge in [0.2, 0.25) is 0 Å². The standard InChI is InChI=1S/C40H24N4O2/c1-3-12-33-29(10-1)30-11-2-4-13-34(30)44(33)26-9-5-8-25(22-26)43(27-16-18-35-31(23-27)39-37(45-35)14-6-20-41-39)28-17-19-36-32(24-28)40-38(46-36)15-7-21-42-40/h1-24H. The quantitative estimate of drug-likeness (QED) is 0.203. The molecule has 0 saturated carbocycles. The molecular weight excluding hydrogens is 568 g/mol. The lowest BCUT2D eigenvalue weighted by atomic mass is 10.1. The van der Waals surface area contributed by atoms with Crippen LogP contribution in [0.5, 0.6) is 0 Å². The molecule has 0 aliphatic rings. The van der Waals surface area contributed by atoms with E-state index in [0.29, 0.717) is 0 Å². The molecule has 5 heterocycles. The summed E-state index contributed by atoms with van der Waals surface area (Å²) in [5.41, 5.74) is 11.2. The van der Waals surface area contributed by atoms with E-state index in [2.05, 4.69) is 116 Å². The Bertz CT molecular complexity index is 2620. The van der Waals surface area contributed by atoms with Crippen LogP contribution in [0.4, 0.5) is 17.1 Å². The van der Waals surface area contributed by atoms with Gasteiger partial charge in [0.25, 0.3) is 0 Å². The van der Waals surface area contributed by atoms with E-state index in [1.54, 1.807) is 0 Å². The zero-order chi connectivity index (χ0) is 30.2. The van der Waals surface area contributed by atoms with Gasteiger partial charge in [-0.15, -0.1) is 0 Å². The molecule has 0 aliphatic heterocycles. The number of para-hydroxylation sites is 2. The van der Waals surface area contributed by atoms with E-state index in [0.717, 1.165) is 66.9 Å². The lowest BCUT2D eigenvalue weighted by Gasteiger charge is -2.26. The normalized spacial score (nSPS) is 11.9. The minimum atomic E-state index is 0.770. The van der Waals surface area contributed by atoms with Crippen LogP contribution in [-0.4, -0.2) is 14.5 Å². The number of nitrogens with zero attached hydrogens (tertiary/aromatic N) is 4. The maximum Gasteiger partial charge on any atom is 0.153 e. The first-order valence-corrected chi connectivity index (χ1v) is 15.2. The summed E-state index contributed by atoms with van der Waals surface area (Å²) in [4.78, 5) is 11.6. The molecule has 0 radical (unpaired) electrons. The molecule has 0 bridgehead atoms.